The van der Waals surface area contributed by atoms with E-state index in [1.165, 1.54) is 51.4 Å². The Kier molecular flexibility index (Phi) is 12.4. The van der Waals surface area contributed by atoms with Gasteiger partial charge in [0.15, 0.2) is 0 Å². The molecule has 0 aromatic carbocycles. The van der Waals surface area contributed by atoms with Crippen molar-refractivity contribution in [2.45, 2.75) is 89.1 Å². The maximum Gasteiger partial charge on any atom is 0.115 e. The molecule has 0 unspecified atom stereocenters. The minimum atomic E-state index is -1.02. The van der Waals surface area contributed by atoms with Gasteiger partial charge in [-0.15, -0.1) is 0 Å². The van der Waals surface area contributed by atoms with Gasteiger partial charge in [0.2, 0.25) is 0 Å². The molecule has 1 rings (SSSR count). The summed E-state index contributed by atoms with van der Waals surface area (Å²) < 4.78 is 10.9. The molecule has 1 heterocycles. The highest BCUT2D eigenvalue weighted by molar-refractivity contribution is 4.91. The third-order valence-corrected chi connectivity index (χ3v) is 4.50. The lowest BCUT2D eigenvalue weighted by atomic mass is 10.1. The summed E-state index contributed by atoms with van der Waals surface area (Å²) in [6.07, 6.45) is 12.6. The van der Waals surface area contributed by atoms with Crippen LogP contribution >= 0.6 is 0 Å². The summed E-state index contributed by atoms with van der Waals surface area (Å²) in [6, 6.07) is 0. The maximum absolute atomic E-state index is 9.81. The summed E-state index contributed by atoms with van der Waals surface area (Å²) in [5.41, 5.74) is 0. The van der Waals surface area contributed by atoms with E-state index in [0.29, 0.717) is 6.61 Å². The zero-order valence-electron chi connectivity index (χ0n) is 15.1. The minimum absolute atomic E-state index is 0.133. The quantitative estimate of drug-likeness (QED) is 0.333. The normalized spacial score (nSPS) is 25.6. The van der Waals surface area contributed by atoms with Crippen molar-refractivity contribution in [1.29, 1.82) is 0 Å². The fraction of sp³-hybridized carbons (Fsp3) is 0.895. The minimum Gasteiger partial charge on any atom is -0.394 e. The van der Waals surface area contributed by atoms with E-state index in [0.717, 1.165) is 6.42 Å². The SMILES string of the molecule is CCCCCCCCCC/C=C/CO[C@@H]1[C@H]([C@@H](O)CO)OC[C@H]1O. The molecule has 1 saturated heterocycles. The molecule has 1 aliphatic rings. The zero-order chi connectivity index (χ0) is 17.6. The summed E-state index contributed by atoms with van der Waals surface area (Å²) >= 11 is 0. The second kappa shape index (κ2) is 13.8. The van der Waals surface area contributed by atoms with Crippen LogP contribution in [0.4, 0.5) is 0 Å². The van der Waals surface area contributed by atoms with Crippen molar-refractivity contribution in [3.05, 3.63) is 12.2 Å². The highest BCUT2D eigenvalue weighted by Crippen LogP contribution is 2.21. The number of rotatable bonds is 14. The van der Waals surface area contributed by atoms with Gasteiger partial charge in [-0.3, -0.25) is 0 Å². The maximum atomic E-state index is 9.81. The molecule has 5 nitrogen and oxygen atoms in total. The van der Waals surface area contributed by atoms with Crippen molar-refractivity contribution < 1.29 is 24.8 Å². The monoisotopic (exact) mass is 344 g/mol. The summed E-state index contributed by atoms with van der Waals surface area (Å²) in [5.74, 6) is 0. The van der Waals surface area contributed by atoms with Crippen LogP contribution in [0.15, 0.2) is 12.2 Å². The predicted molar refractivity (Wildman–Crippen MR) is 94.9 cm³/mol. The average molecular weight is 344 g/mol. The van der Waals surface area contributed by atoms with Gasteiger partial charge < -0.3 is 24.8 Å². The van der Waals surface area contributed by atoms with Gasteiger partial charge >= 0.3 is 0 Å². The standard InChI is InChI=1S/C19H36O5/c1-2-3-4-5-6-7-8-9-10-11-12-13-23-19-17(22)15-24-18(19)16(21)14-20/h11-12,16-22H,2-10,13-15H2,1H3/b12-11+/t16-,17+,18-,19-/m0/s1. The number of hydrogen-bond acceptors (Lipinski definition) is 5. The Hall–Kier alpha value is -0.460. The third-order valence-electron chi connectivity index (χ3n) is 4.50. The first-order valence-corrected chi connectivity index (χ1v) is 9.55. The van der Waals surface area contributed by atoms with Gasteiger partial charge in [-0.05, 0) is 12.8 Å². The van der Waals surface area contributed by atoms with Crippen LogP contribution in [-0.4, -0.2) is 59.6 Å². The fourth-order valence-corrected chi connectivity index (χ4v) is 3.01. The van der Waals surface area contributed by atoms with Crippen molar-refractivity contribution in [2.75, 3.05) is 19.8 Å². The van der Waals surface area contributed by atoms with Crippen LogP contribution in [0, 0.1) is 0 Å². The molecule has 0 bridgehead atoms. The molecule has 0 aromatic rings. The van der Waals surface area contributed by atoms with Crippen molar-refractivity contribution in [3.63, 3.8) is 0 Å². The van der Waals surface area contributed by atoms with E-state index in [-0.39, 0.29) is 6.61 Å². The molecule has 5 heteroatoms. The summed E-state index contributed by atoms with van der Waals surface area (Å²) in [4.78, 5) is 0. The van der Waals surface area contributed by atoms with Gasteiger partial charge in [0.1, 0.15) is 24.4 Å². The van der Waals surface area contributed by atoms with Crippen LogP contribution in [-0.2, 0) is 9.47 Å². The van der Waals surface area contributed by atoms with Crippen LogP contribution in [0.25, 0.3) is 0 Å². The van der Waals surface area contributed by atoms with Crippen molar-refractivity contribution in [1.82, 2.24) is 0 Å². The number of aliphatic hydroxyl groups excluding tert-OH is 3. The molecule has 0 amide bonds. The van der Waals surface area contributed by atoms with E-state index in [1.807, 2.05) is 6.08 Å². The van der Waals surface area contributed by atoms with Crippen LogP contribution < -0.4 is 0 Å². The predicted octanol–water partition coefficient (Wildman–Crippen LogP) is 2.57. The summed E-state index contributed by atoms with van der Waals surface area (Å²) in [5, 5.41) is 28.5. The van der Waals surface area contributed by atoms with E-state index >= 15 is 0 Å². The number of ether oxygens (including phenoxy) is 2. The van der Waals surface area contributed by atoms with Crippen LogP contribution in [0.2, 0.25) is 0 Å². The molecular formula is C19H36O5. The number of hydrogen-bond donors (Lipinski definition) is 3. The lowest BCUT2D eigenvalue weighted by Gasteiger charge is -2.23. The molecule has 0 spiro atoms. The van der Waals surface area contributed by atoms with Gasteiger partial charge in [-0.25, -0.2) is 0 Å². The van der Waals surface area contributed by atoms with Crippen molar-refractivity contribution in [2.24, 2.45) is 0 Å². The molecule has 0 radical (unpaired) electrons. The van der Waals surface area contributed by atoms with E-state index in [4.69, 9.17) is 14.6 Å². The average Bonchev–Trinajstić information content (AvgIpc) is 2.96. The highest BCUT2D eigenvalue weighted by Gasteiger charge is 2.40. The fourth-order valence-electron chi connectivity index (χ4n) is 3.01. The molecule has 24 heavy (non-hydrogen) atoms. The second-order valence-corrected chi connectivity index (χ2v) is 6.65. The van der Waals surface area contributed by atoms with Gasteiger partial charge in [-0.2, -0.15) is 0 Å². The lowest BCUT2D eigenvalue weighted by Crippen LogP contribution is -2.42. The van der Waals surface area contributed by atoms with Crippen LogP contribution in [0.1, 0.15) is 64.7 Å². The second-order valence-electron chi connectivity index (χ2n) is 6.65. The Morgan fingerprint density at radius 1 is 1.08 bits per heavy atom. The Balaban J connectivity index is 2.02. The smallest absolute Gasteiger partial charge is 0.115 e. The van der Waals surface area contributed by atoms with Gasteiger partial charge in [-0.1, -0.05) is 64.0 Å². The van der Waals surface area contributed by atoms with E-state index in [2.05, 4.69) is 13.0 Å². The molecular weight excluding hydrogens is 308 g/mol. The largest absolute Gasteiger partial charge is 0.394 e. The number of aliphatic hydroxyl groups is 3. The van der Waals surface area contributed by atoms with Gasteiger partial charge in [0, 0.05) is 0 Å². The van der Waals surface area contributed by atoms with Gasteiger partial charge in [0.05, 0.1) is 19.8 Å². The number of allylic oxidation sites excluding steroid dienone is 1. The van der Waals surface area contributed by atoms with Crippen LogP contribution in [0.3, 0.4) is 0 Å². The topological polar surface area (TPSA) is 79.2 Å². The first-order valence-electron chi connectivity index (χ1n) is 9.55. The first kappa shape index (κ1) is 21.6. The molecule has 0 aromatic heterocycles. The third kappa shape index (κ3) is 8.58. The zero-order valence-corrected chi connectivity index (χ0v) is 15.1. The van der Waals surface area contributed by atoms with E-state index in [1.54, 1.807) is 0 Å². The molecule has 1 aliphatic heterocycles. The Morgan fingerprint density at radius 2 is 1.75 bits per heavy atom. The molecule has 3 N–H and O–H groups in total. The Morgan fingerprint density at radius 3 is 2.42 bits per heavy atom. The molecule has 0 aliphatic carbocycles. The first-order chi connectivity index (χ1) is 11.7. The Labute approximate surface area is 146 Å². The van der Waals surface area contributed by atoms with Crippen LogP contribution in [0.5, 0.6) is 0 Å². The Bertz CT molecular complexity index is 321. The van der Waals surface area contributed by atoms with E-state index < -0.39 is 31.0 Å². The number of unbranched alkanes of at least 4 members (excludes halogenated alkanes) is 8. The van der Waals surface area contributed by atoms with E-state index in [9.17, 15) is 10.2 Å². The molecule has 4 atom stereocenters. The summed E-state index contributed by atoms with van der Waals surface area (Å²) in [6.45, 7) is 2.36. The van der Waals surface area contributed by atoms with Crippen molar-refractivity contribution >= 4 is 0 Å². The highest BCUT2D eigenvalue weighted by atomic mass is 16.6. The molecule has 0 saturated carbocycles. The van der Waals surface area contributed by atoms with Crippen molar-refractivity contribution in [3.8, 4) is 0 Å². The lowest BCUT2D eigenvalue weighted by molar-refractivity contribution is -0.0879. The molecule has 1 fully saturated rings. The van der Waals surface area contributed by atoms with Gasteiger partial charge in [0.25, 0.3) is 0 Å². The summed E-state index contributed by atoms with van der Waals surface area (Å²) in [7, 11) is 0. The molecule has 142 valence electrons.